The molecule has 15 heavy (non-hydrogen) atoms. The van der Waals surface area contributed by atoms with Crippen molar-refractivity contribution in [1.82, 2.24) is 0 Å². The molecule has 0 saturated heterocycles. The quantitative estimate of drug-likeness (QED) is 0.821. The summed E-state index contributed by atoms with van der Waals surface area (Å²) < 4.78 is 0. The van der Waals surface area contributed by atoms with Gasteiger partial charge in [-0.05, 0) is 18.4 Å². The third kappa shape index (κ3) is 1.99. The van der Waals surface area contributed by atoms with E-state index in [1.54, 1.807) is 6.92 Å². The van der Waals surface area contributed by atoms with Gasteiger partial charge < -0.3 is 5.32 Å². The predicted octanol–water partition coefficient (Wildman–Crippen LogP) is 2.75. The first-order valence-electron chi connectivity index (χ1n) is 4.93. The van der Waals surface area contributed by atoms with Crippen LogP contribution in [0.1, 0.15) is 6.92 Å². The van der Waals surface area contributed by atoms with Crippen LogP contribution >= 0.6 is 0 Å². The van der Waals surface area contributed by atoms with Gasteiger partial charge in [-0.1, -0.05) is 36.4 Å². The monoisotopic (exact) mass is 198 g/mol. The van der Waals surface area contributed by atoms with E-state index < -0.39 is 0 Å². The Morgan fingerprint density at radius 3 is 2.67 bits per heavy atom. The minimum atomic E-state index is -0.282. The van der Waals surface area contributed by atoms with Gasteiger partial charge in [-0.3, -0.25) is 4.79 Å². The fourth-order valence-corrected chi connectivity index (χ4v) is 1.61. The Morgan fingerprint density at radius 2 is 1.87 bits per heavy atom. The predicted molar refractivity (Wildman–Crippen MR) is 62.7 cm³/mol. The molecule has 1 radical (unpaired) electrons. The van der Waals surface area contributed by atoms with Gasteiger partial charge in [0.1, 0.15) is 0 Å². The van der Waals surface area contributed by atoms with Crippen molar-refractivity contribution in [3.8, 4) is 0 Å². The van der Waals surface area contributed by atoms with E-state index in [0.717, 1.165) is 11.1 Å². The highest BCUT2D eigenvalue weighted by atomic mass is 16.1. The van der Waals surface area contributed by atoms with E-state index >= 15 is 0 Å². The van der Waals surface area contributed by atoms with E-state index in [0.29, 0.717) is 0 Å². The lowest BCUT2D eigenvalue weighted by molar-refractivity contribution is 0.549. The molecular weight excluding hydrogens is 186 g/mol. The smallest absolute Gasteiger partial charge is 0.222 e. The van der Waals surface area contributed by atoms with Crippen molar-refractivity contribution >= 4 is 22.7 Å². The number of benzene rings is 2. The van der Waals surface area contributed by atoms with Gasteiger partial charge in [0.25, 0.3) is 0 Å². The number of hydrogen-bond acceptors (Lipinski definition) is 2. The van der Waals surface area contributed by atoms with Crippen LogP contribution in [0.2, 0.25) is 0 Å². The molecule has 0 aliphatic carbocycles. The molecule has 2 nitrogen and oxygen atoms in total. The number of rotatable bonds is 3. The lowest BCUT2D eigenvalue weighted by Crippen LogP contribution is -2.16. The van der Waals surface area contributed by atoms with Crippen molar-refractivity contribution in [2.24, 2.45) is 0 Å². The Kier molecular flexibility index (Phi) is 2.68. The molecule has 1 atom stereocenters. The molecule has 0 heterocycles. The standard InChI is InChI=1S/C13H12NO/c1-10(9-15)14-13-8-4-6-11-5-2-3-7-12(11)13/h2-8,10,14H,1H3. The highest BCUT2D eigenvalue weighted by Crippen LogP contribution is 2.23. The third-order valence-electron chi connectivity index (χ3n) is 2.34. The van der Waals surface area contributed by atoms with Crippen molar-refractivity contribution in [2.45, 2.75) is 13.0 Å². The molecular formula is C13H12NO. The summed E-state index contributed by atoms with van der Waals surface area (Å²) in [7, 11) is 0. The van der Waals surface area contributed by atoms with E-state index in [2.05, 4.69) is 17.4 Å². The summed E-state index contributed by atoms with van der Waals surface area (Å²) in [5.41, 5.74) is 0.976. The molecule has 0 saturated carbocycles. The topological polar surface area (TPSA) is 29.1 Å². The second-order valence-corrected chi connectivity index (χ2v) is 3.51. The maximum absolute atomic E-state index is 10.5. The molecule has 0 spiro atoms. The largest absolute Gasteiger partial charge is 0.375 e. The summed E-state index contributed by atoms with van der Waals surface area (Å²) in [5.74, 6) is 0. The molecule has 75 valence electrons. The Balaban J connectivity index is 2.46. The van der Waals surface area contributed by atoms with Crippen LogP contribution in [0.15, 0.2) is 42.5 Å². The molecule has 0 amide bonds. The fraction of sp³-hybridized carbons (Fsp3) is 0.154. The van der Waals surface area contributed by atoms with Crippen LogP contribution in [0.5, 0.6) is 0 Å². The highest BCUT2D eigenvalue weighted by Gasteiger charge is 2.03. The SMILES string of the molecule is CC([C]=O)Nc1cccc2ccccc12. The maximum Gasteiger partial charge on any atom is 0.222 e. The van der Waals surface area contributed by atoms with Crippen molar-refractivity contribution < 1.29 is 4.79 Å². The first-order valence-corrected chi connectivity index (χ1v) is 4.93. The Hall–Kier alpha value is -1.83. The average Bonchev–Trinajstić information content (AvgIpc) is 2.29. The second-order valence-electron chi connectivity index (χ2n) is 3.51. The van der Waals surface area contributed by atoms with Crippen molar-refractivity contribution in [3.63, 3.8) is 0 Å². The molecule has 2 rings (SSSR count). The molecule has 1 unspecified atom stereocenters. The molecule has 0 aliphatic rings. The van der Waals surface area contributed by atoms with Crippen LogP contribution < -0.4 is 5.32 Å². The summed E-state index contributed by atoms with van der Waals surface area (Å²) >= 11 is 0. The van der Waals surface area contributed by atoms with E-state index in [-0.39, 0.29) is 6.04 Å². The molecule has 0 aliphatic heterocycles. The van der Waals surface area contributed by atoms with Crippen molar-refractivity contribution in [1.29, 1.82) is 0 Å². The van der Waals surface area contributed by atoms with Crippen LogP contribution in [-0.4, -0.2) is 12.3 Å². The number of carbonyl (C=O) groups excluding carboxylic acids is 1. The van der Waals surface area contributed by atoms with Gasteiger partial charge in [-0.25, -0.2) is 0 Å². The van der Waals surface area contributed by atoms with Crippen LogP contribution in [0.3, 0.4) is 0 Å². The Morgan fingerprint density at radius 1 is 1.13 bits per heavy atom. The van der Waals surface area contributed by atoms with Gasteiger partial charge >= 0.3 is 0 Å². The molecule has 0 bridgehead atoms. The summed E-state index contributed by atoms with van der Waals surface area (Å²) in [4.78, 5) is 10.5. The first-order chi connectivity index (χ1) is 7.31. The molecule has 0 aromatic heterocycles. The van der Waals surface area contributed by atoms with Crippen LogP contribution in [0, 0.1) is 0 Å². The lowest BCUT2D eigenvalue weighted by Gasteiger charge is -2.11. The zero-order chi connectivity index (χ0) is 10.7. The molecule has 0 fully saturated rings. The summed E-state index contributed by atoms with van der Waals surface area (Å²) in [5, 5.41) is 5.41. The van der Waals surface area contributed by atoms with Crippen molar-refractivity contribution in [3.05, 3.63) is 42.5 Å². The zero-order valence-electron chi connectivity index (χ0n) is 8.53. The summed E-state index contributed by atoms with van der Waals surface area (Å²) in [6.45, 7) is 1.79. The molecule has 1 N–H and O–H groups in total. The minimum Gasteiger partial charge on any atom is -0.375 e. The highest BCUT2D eigenvalue weighted by molar-refractivity contribution is 5.94. The molecule has 2 aromatic rings. The number of anilines is 1. The fourth-order valence-electron chi connectivity index (χ4n) is 1.61. The van der Waals surface area contributed by atoms with Gasteiger partial charge in [0, 0.05) is 11.1 Å². The van der Waals surface area contributed by atoms with Gasteiger partial charge in [0.15, 0.2) is 0 Å². The normalized spacial score (nSPS) is 12.3. The van der Waals surface area contributed by atoms with Crippen LogP contribution in [-0.2, 0) is 4.79 Å². The van der Waals surface area contributed by atoms with Gasteiger partial charge in [0.2, 0.25) is 6.29 Å². The maximum atomic E-state index is 10.5. The average molecular weight is 198 g/mol. The van der Waals surface area contributed by atoms with E-state index in [4.69, 9.17) is 0 Å². The lowest BCUT2D eigenvalue weighted by atomic mass is 10.1. The number of hydrogen-bond donors (Lipinski definition) is 1. The minimum absolute atomic E-state index is 0.282. The Labute approximate surface area is 88.9 Å². The summed E-state index contributed by atoms with van der Waals surface area (Å²) in [6, 6.07) is 13.8. The van der Waals surface area contributed by atoms with Crippen LogP contribution in [0.4, 0.5) is 5.69 Å². The molecule has 2 heteroatoms. The second kappa shape index (κ2) is 4.13. The third-order valence-corrected chi connectivity index (χ3v) is 2.34. The van der Waals surface area contributed by atoms with Crippen LogP contribution in [0.25, 0.3) is 10.8 Å². The van der Waals surface area contributed by atoms with Gasteiger partial charge in [0.05, 0.1) is 6.04 Å². The zero-order valence-corrected chi connectivity index (χ0v) is 8.53. The van der Waals surface area contributed by atoms with Gasteiger partial charge in [-0.15, -0.1) is 0 Å². The summed E-state index contributed by atoms with van der Waals surface area (Å²) in [6.07, 6.45) is 1.92. The Bertz CT molecular complexity index is 473. The molecule has 2 aromatic carbocycles. The number of fused-ring (bicyclic) bond motifs is 1. The van der Waals surface area contributed by atoms with E-state index in [1.807, 2.05) is 36.6 Å². The first kappa shape index (κ1) is 9.71. The van der Waals surface area contributed by atoms with Crippen molar-refractivity contribution in [2.75, 3.05) is 5.32 Å². The van der Waals surface area contributed by atoms with E-state index in [1.165, 1.54) is 5.39 Å². The van der Waals surface area contributed by atoms with Gasteiger partial charge in [-0.2, -0.15) is 0 Å². The van der Waals surface area contributed by atoms with E-state index in [9.17, 15) is 4.79 Å². The number of nitrogens with one attached hydrogen (secondary N) is 1.